The SMILES string of the molecule is ON1C=C2C=Nc3cccnc3N2C1. The van der Waals surface area contributed by atoms with Gasteiger partial charge in [0.2, 0.25) is 0 Å². The molecule has 1 aromatic heterocycles. The number of pyridine rings is 1. The number of aliphatic imine (C=N–C) groups is 1. The van der Waals surface area contributed by atoms with Crippen molar-refractivity contribution >= 4 is 17.7 Å². The van der Waals surface area contributed by atoms with Crippen molar-refractivity contribution in [3.8, 4) is 0 Å². The number of anilines is 1. The van der Waals surface area contributed by atoms with Crippen LogP contribution >= 0.6 is 0 Å². The van der Waals surface area contributed by atoms with Gasteiger partial charge in [0.1, 0.15) is 12.4 Å². The Hall–Kier alpha value is -1.88. The number of fused-ring (bicyclic) bond motifs is 3. The van der Waals surface area contributed by atoms with E-state index < -0.39 is 0 Å². The number of allylic oxidation sites excluding steroid dienone is 1. The molecule has 3 rings (SSSR count). The first-order chi connectivity index (χ1) is 6.84. The number of aromatic nitrogens is 1. The highest BCUT2D eigenvalue weighted by atomic mass is 16.5. The Balaban J connectivity index is 2.14. The smallest absolute Gasteiger partial charge is 0.160 e. The Kier molecular flexibility index (Phi) is 1.37. The van der Waals surface area contributed by atoms with E-state index in [9.17, 15) is 5.21 Å². The molecule has 14 heavy (non-hydrogen) atoms. The first kappa shape index (κ1) is 7.52. The highest BCUT2D eigenvalue weighted by Gasteiger charge is 2.25. The molecule has 2 aliphatic rings. The van der Waals surface area contributed by atoms with Crippen LogP contribution in [0.3, 0.4) is 0 Å². The number of hydroxylamine groups is 2. The number of hydrogen-bond donors (Lipinski definition) is 1. The Morgan fingerprint density at radius 1 is 1.43 bits per heavy atom. The Bertz CT molecular complexity index is 440. The monoisotopic (exact) mass is 188 g/mol. The molecule has 0 unspecified atom stereocenters. The maximum atomic E-state index is 9.31. The molecule has 0 amide bonds. The fourth-order valence-corrected chi connectivity index (χ4v) is 1.61. The quantitative estimate of drug-likeness (QED) is 0.662. The fourth-order valence-electron chi connectivity index (χ4n) is 1.61. The maximum absolute atomic E-state index is 9.31. The molecule has 0 aliphatic carbocycles. The van der Waals surface area contributed by atoms with Crippen molar-refractivity contribution in [3.05, 3.63) is 30.2 Å². The van der Waals surface area contributed by atoms with E-state index in [2.05, 4.69) is 9.98 Å². The summed E-state index contributed by atoms with van der Waals surface area (Å²) >= 11 is 0. The van der Waals surface area contributed by atoms with E-state index in [0.717, 1.165) is 22.3 Å². The Morgan fingerprint density at radius 2 is 2.36 bits per heavy atom. The molecule has 0 radical (unpaired) electrons. The number of nitrogens with zero attached hydrogens (tertiary/aromatic N) is 4. The lowest BCUT2D eigenvalue weighted by atomic mass is 10.3. The summed E-state index contributed by atoms with van der Waals surface area (Å²) in [7, 11) is 0. The van der Waals surface area contributed by atoms with E-state index in [1.165, 1.54) is 0 Å². The van der Waals surface area contributed by atoms with E-state index in [1.54, 1.807) is 18.6 Å². The second-order valence-corrected chi connectivity index (χ2v) is 3.17. The minimum Gasteiger partial charge on any atom is -0.301 e. The van der Waals surface area contributed by atoms with Gasteiger partial charge in [-0.05, 0) is 12.1 Å². The molecule has 3 heterocycles. The van der Waals surface area contributed by atoms with Gasteiger partial charge in [0.25, 0.3) is 0 Å². The van der Waals surface area contributed by atoms with Gasteiger partial charge in [-0.3, -0.25) is 10.2 Å². The summed E-state index contributed by atoms with van der Waals surface area (Å²) in [4.78, 5) is 10.4. The molecule has 1 N–H and O–H groups in total. The zero-order chi connectivity index (χ0) is 9.54. The van der Waals surface area contributed by atoms with Crippen molar-refractivity contribution in [3.63, 3.8) is 0 Å². The van der Waals surface area contributed by atoms with Crippen LogP contribution in [0.4, 0.5) is 11.5 Å². The fraction of sp³-hybridized carbons (Fsp3) is 0.111. The Labute approximate surface area is 80.6 Å². The van der Waals surface area contributed by atoms with Crippen LogP contribution in [0.15, 0.2) is 35.2 Å². The van der Waals surface area contributed by atoms with Gasteiger partial charge in [-0.15, -0.1) is 0 Å². The normalized spacial score (nSPS) is 17.9. The first-order valence-electron chi connectivity index (χ1n) is 4.28. The third-order valence-corrected chi connectivity index (χ3v) is 2.24. The summed E-state index contributed by atoms with van der Waals surface area (Å²) in [6.07, 6.45) is 5.07. The zero-order valence-corrected chi connectivity index (χ0v) is 7.33. The van der Waals surface area contributed by atoms with Crippen LogP contribution in [0.25, 0.3) is 0 Å². The summed E-state index contributed by atoms with van der Waals surface area (Å²) < 4.78 is 0. The third kappa shape index (κ3) is 0.928. The zero-order valence-electron chi connectivity index (χ0n) is 7.33. The average molecular weight is 188 g/mol. The summed E-state index contributed by atoms with van der Waals surface area (Å²) in [5.41, 5.74) is 1.69. The molecule has 70 valence electrons. The number of rotatable bonds is 0. The molecule has 0 spiro atoms. The summed E-state index contributed by atoms with van der Waals surface area (Å²) in [6, 6.07) is 3.74. The van der Waals surface area contributed by atoms with Gasteiger partial charge < -0.3 is 4.90 Å². The highest BCUT2D eigenvalue weighted by Crippen LogP contribution is 2.33. The summed E-state index contributed by atoms with van der Waals surface area (Å²) in [5, 5.41) is 10.4. The molecule has 0 bridgehead atoms. The van der Waals surface area contributed by atoms with Crippen LogP contribution in [0.1, 0.15) is 0 Å². The largest absolute Gasteiger partial charge is 0.301 e. The van der Waals surface area contributed by atoms with Crippen molar-refractivity contribution in [2.24, 2.45) is 4.99 Å². The van der Waals surface area contributed by atoms with Gasteiger partial charge >= 0.3 is 0 Å². The van der Waals surface area contributed by atoms with E-state index >= 15 is 0 Å². The molecule has 0 saturated heterocycles. The summed E-state index contributed by atoms with van der Waals surface area (Å²) in [6.45, 7) is 0.408. The first-order valence-corrected chi connectivity index (χ1v) is 4.28. The maximum Gasteiger partial charge on any atom is 0.160 e. The van der Waals surface area contributed by atoms with Crippen molar-refractivity contribution in [2.75, 3.05) is 11.6 Å². The minimum atomic E-state index is 0.408. The standard InChI is InChI=1S/C9H8N4O/c14-12-5-7-4-11-8-2-1-3-10-9(8)13(7)6-12/h1-5,14H,6H2. The lowest BCUT2D eigenvalue weighted by molar-refractivity contribution is -0.0304. The van der Waals surface area contributed by atoms with Crippen molar-refractivity contribution < 1.29 is 5.21 Å². The van der Waals surface area contributed by atoms with Crippen molar-refractivity contribution in [1.29, 1.82) is 0 Å². The molecule has 0 aromatic carbocycles. The molecule has 2 aliphatic heterocycles. The lowest BCUT2D eigenvalue weighted by Gasteiger charge is -2.23. The highest BCUT2D eigenvalue weighted by molar-refractivity contribution is 5.92. The molecule has 1 aromatic rings. The third-order valence-electron chi connectivity index (χ3n) is 2.24. The predicted molar refractivity (Wildman–Crippen MR) is 51.4 cm³/mol. The molecule has 5 nitrogen and oxygen atoms in total. The molecule has 0 fully saturated rings. The van der Waals surface area contributed by atoms with Gasteiger partial charge in [-0.25, -0.2) is 10.0 Å². The van der Waals surface area contributed by atoms with Crippen LogP contribution in [0, 0.1) is 0 Å². The van der Waals surface area contributed by atoms with E-state index in [-0.39, 0.29) is 0 Å². The van der Waals surface area contributed by atoms with Crippen LogP contribution in [0.2, 0.25) is 0 Å². The summed E-state index contributed by atoms with van der Waals surface area (Å²) in [5.74, 6) is 0.790. The van der Waals surface area contributed by atoms with Gasteiger partial charge in [-0.1, -0.05) is 0 Å². The predicted octanol–water partition coefficient (Wildman–Crippen LogP) is 1.11. The van der Waals surface area contributed by atoms with Crippen molar-refractivity contribution in [2.45, 2.75) is 0 Å². The van der Waals surface area contributed by atoms with E-state index in [1.807, 2.05) is 17.0 Å². The van der Waals surface area contributed by atoms with Crippen LogP contribution < -0.4 is 4.90 Å². The van der Waals surface area contributed by atoms with Gasteiger partial charge in [-0.2, -0.15) is 0 Å². The second kappa shape index (κ2) is 2.55. The molecule has 0 saturated carbocycles. The molecule has 5 heteroatoms. The van der Waals surface area contributed by atoms with Gasteiger partial charge in [0.15, 0.2) is 5.82 Å². The second-order valence-electron chi connectivity index (χ2n) is 3.17. The van der Waals surface area contributed by atoms with Crippen LogP contribution in [-0.4, -0.2) is 28.1 Å². The molecular formula is C9H8N4O. The molecular weight excluding hydrogens is 180 g/mol. The molecule has 0 atom stereocenters. The van der Waals surface area contributed by atoms with Crippen molar-refractivity contribution in [1.82, 2.24) is 10.0 Å². The van der Waals surface area contributed by atoms with E-state index in [4.69, 9.17) is 0 Å². The average Bonchev–Trinajstić information content (AvgIpc) is 2.59. The topological polar surface area (TPSA) is 52.0 Å². The Morgan fingerprint density at radius 3 is 3.29 bits per heavy atom. The minimum absolute atomic E-state index is 0.408. The van der Waals surface area contributed by atoms with Gasteiger partial charge in [0, 0.05) is 6.20 Å². The van der Waals surface area contributed by atoms with Gasteiger partial charge in [0.05, 0.1) is 18.1 Å². The lowest BCUT2D eigenvalue weighted by Crippen LogP contribution is -2.27. The van der Waals surface area contributed by atoms with Crippen LogP contribution in [0.5, 0.6) is 0 Å². The van der Waals surface area contributed by atoms with Crippen LogP contribution in [-0.2, 0) is 0 Å². The van der Waals surface area contributed by atoms with E-state index in [0.29, 0.717) is 6.67 Å². The number of hydrogen-bond acceptors (Lipinski definition) is 5.